The van der Waals surface area contributed by atoms with Gasteiger partial charge in [0, 0.05) is 0 Å². The molecule has 0 amide bonds. The van der Waals surface area contributed by atoms with E-state index in [-0.39, 0.29) is 0 Å². The Hall–Kier alpha value is 1.67. The van der Waals surface area contributed by atoms with Gasteiger partial charge in [0.05, 0.1) is 26.4 Å². The predicted molar refractivity (Wildman–Crippen MR) is 176 cm³/mol. The molecule has 0 radical (unpaired) electrons. The molecule has 0 aromatic heterocycles. The summed E-state index contributed by atoms with van der Waals surface area (Å²) >= 11 is 0. The van der Waals surface area contributed by atoms with E-state index in [2.05, 4.69) is 41.5 Å². The van der Waals surface area contributed by atoms with Gasteiger partial charge in [-0.25, -0.2) is 0 Å². The van der Waals surface area contributed by atoms with Crippen LogP contribution in [0.25, 0.3) is 0 Å². The highest BCUT2D eigenvalue weighted by molar-refractivity contribution is 9.26. The Kier molecular flexibility index (Phi) is 28.1. The fourth-order valence-corrected chi connectivity index (χ4v) is 18.5. The highest BCUT2D eigenvalue weighted by Gasteiger charge is 2.36. The molecule has 0 aliphatic heterocycles. The summed E-state index contributed by atoms with van der Waals surface area (Å²) in [5, 5.41) is 0. The molecule has 0 rings (SSSR count). The van der Waals surface area contributed by atoms with Crippen molar-refractivity contribution in [1.82, 2.24) is 0 Å². The SMILES string of the molecule is CCCCOC(OCCCC)([SiH2]CCCC)SSSSC(OCCCC)(OCCCC)[SiH2]CCCC. The average Bonchev–Trinajstić information content (AvgIpc) is 2.87. The fraction of sp³-hybridized carbons (Fsp3) is 1.00. The average molecular weight is 619 g/mol. The van der Waals surface area contributed by atoms with Gasteiger partial charge in [0.2, 0.25) is 9.48 Å². The molecule has 0 aliphatic rings. The van der Waals surface area contributed by atoms with Crippen molar-refractivity contribution in [2.24, 2.45) is 0 Å². The van der Waals surface area contributed by atoms with Gasteiger partial charge in [0.25, 0.3) is 0 Å². The fourth-order valence-electron chi connectivity index (χ4n) is 3.35. The molecule has 10 heteroatoms. The molecule has 0 aromatic rings. The van der Waals surface area contributed by atoms with E-state index in [1.165, 1.54) is 37.8 Å². The summed E-state index contributed by atoms with van der Waals surface area (Å²) in [6, 6.07) is 2.54. The number of unbranched alkanes of at least 4 members (excludes halogenated alkanes) is 6. The van der Waals surface area contributed by atoms with Crippen LogP contribution in [-0.2, 0) is 18.9 Å². The monoisotopic (exact) mass is 618 g/mol. The molecule has 0 atom stereocenters. The molecule has 0 aromatic carbocycles. The van der Waals surface area contributed by atoms with Crippen molar-refractivity contribution in [2.45, 2.75) is 140 Å². The first kappa shape index (κ1) is 37.7. The molecule has 4 nitrogen and oxygen atoms in total. The summed E-state index contributed by atoms with van der Waals surface area (Å²) in [6.45, 7) is 16.6. The van der Waals surface area contributed by atoms with Crippen molar-refractivity contribution in [3.05, 3.63) is 0 Å². The quantitative estimate of drug-likeness (QED) is 0.0356. The number of hydrogen-bond acceptors (Lipinski definition) is 8. The van der Waals surface area contributed by atoms with Gasteiger partial charge < -0.3 is 18.9 Å². The minimum Gasteiger partial charge on any atom is -0.345 e. The second kappa shape index (κ2) is 26.9. The second-order valence-electron chi connectivity index (χ2n) is 9.39. The maximum atomic E-state index is 6.54. The lowest BCUT2D eigenvalue weighted by atomic mass is 10.4. The lowest BCUT2D eigenvalue weighted by Crippen LogP contribution is -2.39. The minimum atomic E-state index is -0.539. The van der Waals surface area contributed by atoms with Gasteiger partial charge in [0.15, 0.2) is 0 Å². The molecule has 0 fully saturated rings. The Labute approximate surface area is 244 Å². The van der Waals surface area contributed by atoms with E-state index in [4.69, 9.17) is 18.9 Å². The molecule has 0 saturated heterocycles. The van der Waals surface area contributed by atoms with Crippen molar-refractivity contribution < 1.29 is 18.9 Å². The van der Waals surface area contributed by atoms with Crippen LogP contribution in [0.4, 0.5) is 0 Å². The van der Waals surface area contributed by atoms with E-state index in [0.29, 0.717) is 0 Å². The molecule has 0 aliphatic carbocycles. The van der Waals surface area contributed by atoms with Gasteiger partial charge in [-0.1, -0.05) is 105 Å². The van der Waals surface area contributed by atoms with E-state index < -0.39 is 28.5 Å². The summed E-state index contributed by atoms with van der Waals surface area (Å²) < 4.78 is 25.3. The third-order valence-electron chi connectivity index (χ3n) is 5.80. The van der Waals surface area contributed by atoms with Crippen LogP contribution < -0.4 is 0 Å². The third kappa shape index (κ3) is 19.7. The normalized spacial score (nSPS) is 13.2. The third-order valence-corrected chi connectivity index (χ3v) is 19.4. The zero-order valence-electron chi connectivity index (χ0n) is 24.4. The molecular formula is C26H58O4S4Si2. The Morgan fingerprint density at radius 3 is 0.972 bits per heavy atom. The van der Waals surface area contributed by atoms with Gasteiger partial charge in [-0.05, 0) is 66.9 Å². The summed E-state index contributed by atoms with van der Waals surface area (Å²) in [5.74, 6) is 0. The molecule has 0 unspecified atom stereocenters. The van der Waals surface area contributed by atoms with Crippen molar-refractivity contribution in [3.63, 3.8) is 0 Å². The van der Waals surface area contributed by atoms with Gasteiger partial charge in [-0.2, -0.15) is 0 Å². The first-order valence-corrected chi connectivity index (χ1v) is 23.1. The number of rotatable bonds is 29. The van der Waals surface area contributed by atoms with Gasteiger partial charge >= 0.3 is 0 Å². The first-order chi connectivity index (χ1) is 17.6. The van der Waals surface area contributed by atoms with Crippen LogP contribution >= 0.6 is 41.2 Å². The van der Waals surface area contributed by atoms with Gasteiger partial charge in [-0.3, -0.25) is 0 Å². The standard InChI is InChI=1S/C26H58O4S4Si2/c1-7-13-19-27-25(28-20-14-8-2,35-23-17-11-5)31-33-34-32-26(29-21-15-9-3,30-22-16-10-4)36-24-18-12-6/h7-24,35-36H2,1-6H3. The number of ether oxygens (including phenoxy) is 4. The van der Waals surface area contributed by atoms with Crippen LogP contribution in [0.15, 0.2) is 0 Å². The van der Waals surface area contributed by atoms with Crippen LogP contribution in [0, 0.1) is 0 Å². The van der Waals surface area contributed by atoms with E-state index in [1.807, 2.05) is 41.2 Å². The van der Waals surface area contributed by atoms with Crippen LogP contribution in [0.2, 0.25) is 12.1 Å². The van der Waals surface area contributed by atoms with Crippen LogP contribution in [0.3, 0.4) is 0 Å². The van der Waals surface area contributed by atoms with E-state index >= 15 is 0 Å². The van der Waals surface area contributed by atoms with Crippen molar-refractivity contribution in [1.29, 1.82) is 0 Å². The van der Waals surface area contributed by atoms with E-state index in [0.717, 1.165) is 77.8 Å². The molecule has 0 saturated carbocycles. The molecule has 0 heterocycles. The lowest BCUT2D eigenvalue weighted by molar-refractivity contribution is -0.118. The van der Waals surface area contributed by atoms with Gasteiger partial charge in [-0.15, -0.1) is 0 Å². The molecular weight excluding hydrogens is 561 g/mol. The molecule has 36 heavy (non-hydrogen) atoms. The Morgan fingerprint density at radius 1 is 0.444 bits per heavy atom. The van der Waals surface area contributed by atoms with Crippen LogP contribution in [-0.4, -0.2) is 55.0 Å². The zero-order chi connectivity index (χ0) is 26.8. The molecule has 0 spiro atoms. The second-order valence-corrected chi connectivity index (χ2v) is 20.8. The smallest absolute Gasteiger partial charge is 0.200 e. The maximum Gasteiger partial charge on any atom is 0.200 e. The summed E-state index contributed by atoms with van der Waals surface area (Å²) in [4.78, 5) is 0. The minimum absolute atomic E-state index is 0.424. The molecule has 218 valence electrons. The van der Waals surface area contributed by atoms with Crippen molar-refractivity contribution in [3.8, 4) is 0 Å². The Balaban J connectivity index is 5.31. The number of hydrogen-bond donors (Lipinski definition) is 0. The molecule has 0 N–H and O–H groups in total. The van der Waals surface area contributed by atoms with E-state index in [9.17, 15) is 0 Å². The highest BCUT2D eigenvalue weighted by Crippen LogP contribution is 2.53. The van der Waals surface area contributed by atoms with Gasteiger partial charge in [0.1, 0.15) is 19.0 Å². The highest BCUT2D eigenvalue weighted by atomic mass is 33.7. The topological polar surface area (TPSA) is 36.9 Å². The maximum absolute atomic E-state index is 6.54. The molecule has 0 bridgehead atoms. The van der Waals surface area contributed by atoms with Crippen molar-refractivity contribution >= 4 is 60.3 Å². The summed E-state index contributed by atoms with van der Waals surface area (Å²) in [6.07, 6.45) is 14.0. The summed E-state index contributed by atoms with van der Waals surface area (Å²) in [5.41, 5.74) is 0. The van der Waals surface area contributed by atoms with E-state index in [1.54, 1.807) is 0 Å². The van der Waals surface area contributed by atoms with Crippen LogP contribution in [0.5, 0.6) is 0 Å². The zero-order valence-corrected chi connectivity index (χ0v) is 30.5. The first-order valence-electron chi connectivity index (χ1n) is 14.8. The lowest BCUT2D eigenvalue weighted by Gasteiger charge is -2.34. The largest absolute Gasteiger partial charge is 0.345 e. The predicted octanol–water partition coefficient (Wildman–Crippen LogP) is 8.93. The Morgan fingerprint density at radius 2 is 0.722 bits per heavy atom. The van der Waals surface area contributed by atoms with Crippen molar-refractivity contribution in [2.75, 3.05) is 26.4 Å². The Bertz CT molecular complexity index is 375. The van der Waals surface area contributed by atoms with Crippen LogP contribution in [0.1, 0.15) is 119 Å². The summed E-state index contributed by atoms with van der Waals surface area (Å²) in [7, 11) is 6.22.